The Bertz CT molecular complexity index is 502. The molecule has 2 aromatic heterocycles. The first-order valence-electron chi connectivity index (χ1n) is 5.41. The molecule has 2 heterocycles. The zero-order chi connectivity index (χ0) is 11.4. The predicted molar refractivity (Wildman–Crippen MR) is 71.0 cm³/mol. The zero-order valence-corrected chi connectivity index (χ0v) is 10.8. The summed E-state index contributed by atoms with van der Waals surface area (Å²) in [4.78, 5) is 3.29. The number of thiophene rings is 2. The molecule has 0 saturated carbocycles. The number of unbranched alkanes of at least 4 members (excludes halogenated alkanes) is 1. The zero-order valence-electron chi connectivity index (χ0n) is 9.19. The van der Waals surface area contributed by atoms with E-state index in [0.29, 0.717) is 0 Å². The maximum Gasteiger partial charge on any atom is 0.110 e. The SMILES string of the molecule is CCCCc1csc(-c2ccc(C#N)s2)c1. The van der Waals surface area contributed by atoms with Crippen LogP contribution in [0.3, 0.4) is 0 Å². The van der Waals surface area contributed by atoms with Crippen LogP contribution in [0.5, 0.6) is 0 Å². The lowest BCUT2D eigenvalue weighted by Gasteiger charge is -1.92. The molecule has 0 unspecified atom stereocenters. The van der Waals surface area contributed by atoms with Gasteiger partial charge < -0.3 is 0 Å². The average Bonchev–Trinajstić information content (AvgIpc) is 2.94. The third-order valence-corrected chi connectivity index (χ3v) is 4.60. The van der Waals surface area contributed by atoms with Crippen LogP contribution in [0, 0.1) is 11.3 Å². The molecule has 0 radical (unpaired) electrons. The summed E-state index contributed by atoms with van der Waals surface area (Å²) in [6.45, 7) is 2.21. The van der Waals surface area contributed by atoms with Crippen LogP contribution in [0.15, 0.2) is 23.6 Å². The van der Waals surface area contributed by atoms with Crippen molar-refractivity contribution < 1.29 is 0 Å². The predicted octanol–water partition coefficient (Wildman–Crippen LogP) is 4.69. The monoisotopic (exact) mass is 247 g/mol. The van der Waals surface area contributed by atoms with E-state index < -0.39 is 0 Å². The second-order valence-electron chi connectivity index (χ2n) is 3.70. The maximum absolute atomic E-state index is 8.78. The summed E-state index contributed by atoms with van der Waals surface area (Å²) in [6.07, 6.45) is 3.66. The number of hydrogen-bond acceptors (Lipinski definition) is 3. The van der Waals surface area contributed by atoms with E-state index >= 15 is 0 Å². The van der Waals surface area contributed by atoms with Crippen molar-refractivity contribution in [3.05, 3.63) is 34.0 Å². The summed E-state index contributed by atoms with van der Waals surface area (Å²) in [6, 6.07) is 8.37. The molecule has 1 nitrogen and oxygen atoms in total. The molecule has 0 aliphatic carbocycles. The Morgan fingerprint density at radius 1 is 1.31 bits per heavy atom. The lowest BCUT2D eigenvalue weighted by Crippen LogP contribution is -1.78. The van der Waals surface area contributed by atoms with E-state index in [2.05, 4.69) is 24.4 Å². The summed E-state index contributed by atoms with van der Waals surface area (Å²) < 4.78 is 0. The third-order valence-electron chi connectivity index (χ3n) is 2.43. The summed E-state index contributed by atoms with van der Waals surface area (Å²) in [5.41, 5.74) is 1.42. The van der Waals surface area contributed by atoms with E-state index in [9.17, 15) is 0 Å². The number of aryl methyl sites for hydroxylation is 1. The minimum Gasteiger partial charge on any atom is -0.192 e. The molecule has 0 aliphatic heterocycles. The molecule has 2 aromatic rings. The number of hydrogen-bond donors (Lipinski definition) is 0. The second-order valence-corrected chi connectivity index (χ2v) is 5.69. The molecular weight excluding hydrogens is 234 g/mol. The molecule has 16 heavy (non-hydrogen) atoms. The molecular formula is C13H13NS2. The van der Waals surface area contributed by atoms with Gasteiger partial charge in [0, 0.05) is 9.75 Å². The molecule has 0 aliphatic rings. The minimum atomic E-state index is 0.790. The Kier molecular flexibility index (Phi) is 3.76. The van der Waals surface area contributed by atoms with Crippen LogP contribution >= 0.6 is 22.7 Å². The fourth-order valence-corrected chi connectivity index (χ4v) is 3.40. The van der Waals surface area contributed by atoms with Gasteiger partial charge in [0.05, 0.1) is 0 Å². The standard InChI is InChI=1S/C13H13NS2/c1-2-3-4-10-7-13(15-9-10)12-6-5-11(8-14)16-12/h5-7,9H,2-4H2,1H3. The van der Waals surface area contributed by atoms with E-state index in [0.717, 1.165) is 4.88 Å². The van der Waals surface area contributed by atoms with Gasteiger partial charge in [-0.2, -0.15) is 5.26 Å². The molecule has 0 aromatic carbocycles. The molecule has 2 rings (SSSR count). The molecule has 3 heteroatoms. The van der Waals surface area contributed by atoms with Crippen molar-refractivity contribution in [2.24, 2.45) is 0 Å². The number of nitriles is 1. The third kappa shape index (κ3) is 2.52. The average molecular weight is 247 g/mol. The van der Waals surface area contributed by atoms with Gasteiger partial charge in [0.1, 0.15) is 10.9 Å². The molecule has 0 N–H and O–H groups in total. The van der Waals surface area contributed by atoms with Crippen molar-refractivity contribution in [2.45, 2.75) is 26.2 Å². The van der Waals surface area contributed by atoms with E-state index in [1.165, 1.54) is 34.6 Å². The van der Waals surface area contributed by atoms with E-state index in [-0.39, 0.29) is 0 Å². The van der Waals surface area contributed by atoms with Gasteiger partial charge in [-0.1, -0.05) is 13.3 Å². The largest absolute Gasteiger partial charge is 0.192 e. The first-order chi connectivity index (χ1) is 7.83. The quantitative estimate of drug-likeness (QED) is 0.768. The topological polar surface area (TPSA) is 23.8 Å². The maximum atomic E-state index is 8.78. The Morgan fingerprint density at radius 2 is 2.19 bits per heavy atom. The molecule has 0 saturated heterocycles. The Labute approximate surface area is 104 Å². The van der Waals surface area contributed by atoms with Crippen LogP contribution in [-0.4, -0.2) is 0 Å². The van der Waals surface area contributed by atoms with Crippen LogP contribution in [0.2, 0.25) is 0 Å². The molecule has 0 spiro atoms. The Balaban J connectivity index is 2.15. The van der Waals surface area contributed by atoms with Crippen LogP contribution in [0.4, 0.5) is 0 Å². The van der Waals surface area contributed by atoms with Crippen molar-refractivity contribution in [1.82, 2.24) is 0 Å². The van der Waals surface area contributed by atoms with Crippen molar-refractivity contribution in [3.63, 3.8) is 0 Å². The summed E-state index contributed by atoms with van der Waals surface area (Å²) in [7, 11) is 0. The van der Waals surface area contributed by atoms with Crippen molar-refractivity contribution in [2.75, 3.05) is 0 Å². The Hall–Kier alpha value is -1.11. The molecule has 0 amide bonds. The van der Waals surface area contributed by atoms with Gasteiger partial charge in [-0.25, -0.2) is 0 Å². The van der Waals surface area contributed by atoms with Crippen molar-refractivity contribution >= 4 is 22.7 Å². The lowest BCUT2D eigenvalue weighted by molar-refractivity contribution is 0.797. The summed E-state index contributed by atoms with van der Waals surface area (Å²) in [5.74, 6) is 0. The minimum absolute atomic E-state index is 0.790. The first kappa shape index (κ1) is 11.4. The van der Waals surface area contributed by atoms with Crippen LogP contribution in [0.1, 0.15) is 30.2 Å². The van der Waals surface area contributed by atoms with Gasteiger partial charge in [0.25, 0.3) is 0 Å². The number of nitrogens with zero attached hydrogens (tertiary/aromatic N) is 1. The second kappa shape index (κ2) is 5.29. The highest BCUT2D eigenvalue weighted by Gasteiger charge is 2.05. The van der Waals surface area contributed by atoms with Gasteiger partial charge in [-0.15, -0.1) is 22.7 Å². The smallest absolute Gasteiger partial charge is 0.110 e. The normalized spacial score (nSPS) is 10.2. The van der Waals surface area contributed by atoms with Gasteiger partial charge in [-0.05, 0) is 42.0 Å². The van der Waals surface area contributed by atoms with Gasteiger partial charge in [0.15, 0.2) is 0 Å². The lowest BCUT2D eigenvalue weighted by atomic mass is 10.1. The highest BCUT2D eigenvalue weighted by atomic mass is 32.1. The van der Waals surface area contributed by atoms with E-state index in [4.69, 9.17) is 5.26 Å². The highest BCUT2D eigenvalue weighted by molar-refractivity contribution is 7.21. The van der Waals surface area contributed by atoms with Gasteiger partial charge >= 0.3 is 0 Å². The van der Waals surface area contributed by atoms with Crippen molar-refractivity contribution in [1.29, 1.82) is 5.26 Å². The summed E-state index contributed by atoms with van der Waals surface area (Å²) >= 11 is 3.35. The molecule has 0 atom stereocenters. The highest BCUT2D eigenvalue weighted by Crippen LogP contribution is 2.33. The number of rotatable bonds is 4. The van der Waals surface area contributed by atoms with Crippen LogP contribution in [-0.2, 0) is 6.42 Å². The van der Waals surface area contributed by atoms with Crippen LogP contribution < -0.4 is 0 Å². The fraction of sp³-hybridized carbons (Fsp3) is 0.308. The van der Waals surface area contributed by atoms with E-state index in [1.54, 1.807) is 22.7 Å². The van der Waals surface area contributed by atoms with E-state index in [1.807, 2.05) is 12.1 Å². The molecule has 82 valence electrons. The Morgan fingerprint density at radius 3 is 2.88 bits per heavy atom. The molecule has 0 fully saturated rings. The van der Waals surface area contributed by atoms with Crippen molar-refractivity contribution in [3.8, 4) is 15.8 Å². The fourth-order valence-electron chi connectivity index (χ4n) is 1.55. The van der Waals surface area contributed by atoms with Crippen LogP contribution in [0.25, 0.3) is 9.75 Å². The van der Waals surface area contributed by atoms with Gasteiger partial charge in [0.2, 0.25) is 0 Å². The van der Waals surface area contributed by atoms with Gasteiger partial charge in [-0.3, -0.25) is 0 Å². The molecule has 0 bridgehead atoms. The summed E-state index contributed by atoms with van der Waals surface area (Å²) in [5, 5.41) is 11.0. The first-order valence-corrected chi connectivity index (χ1v) is 7.11.